The summed E-state index contributed by atoms with van der Waals surface area (Å²) in [6, 6.07) is 16.0. The van der Waals surface area contributed by atoms with E-state index in [1.807, 2.05) is 30.3 Å². The number of nitrogens with zero attached hydrogens (tertiary/aromatic N) is 1. The zero-order chi connectivity index (χ0) is 20.6. The average molecular weight is 397 g/mol. The average Bonchev–Trinajstić information content (AvgIpc) is 3.24. The molecule has 3 amide bonds. The van der Waals surface area contributed by atoms with E-state index < -0.39 is 18.0 Å². The molecule has 29 heavy (non-hydrogen) atoms. The molecule has 8 nitrogen and oxygen atoms in total. The molecule has 8 heteroatoms. The summed E-state index contributed by atoms with van der Waals surface area (Å²) < 4.78 is 10.6. The Hall–Kier alpha value is -3.39. The first-order chi connectivity index (χ1) is 14.1. The first kappa shape index (κ1) is 20.3. The molecule has 1 unspecified atom stereocenters. The Kier molecular flexibility index (Phi) is 6.80. The molecule has 152 valence electrons. The van der Waals surface area contributed by atoms with Crippen LogP contribution in [0.25, 0.3) is 0 Å². The van der Waals surface area contributed by atoms with E-state index in [9.17, 15) is 14.4 Å². The molecule has 0 radical (unpaired) electrons. The van der Waals surface area contributed by atoms with Crippen molar-refractivity contribution in [2.45, 2.75) is 12.8 Å². The number of rotatable bonds is 6. The first-order valence-corrected chi connectivity index (χ1v) is 9.25. The van der Waals surface area contributed by atoms with Gasteiger partial charge in [-0.2, -0.15) is 0 Å². The SMILES string of the molecule is COc1ccc(C(=O)N2CCOC2CNC(=O)C(=O)NCc2ccccc2)cc1. The van der Waals surface area contributed by atoms with Crippen molar-refractivity contribution in [2.75, 3.05) is 26.8 Å². The van der Waals surface area contributed by atoms with E-state index in [2.05, 4.69) is 10.6 Å². The number of carbonyl (C=O) groups is 3. The van der Waals surface area contributed by atoms with Crippen molar-refractivity contribution in [1.82, 2.24) is 15.5 Å². The summed E-state index contributed by atoms with van der Waals surface area (Å²) >= 11 is 0. The number of benzene rings is 2. The van der Waals surface area contributed by atoms with Gasteiger partial charge in [0, 0.05) is 18.7 Å². The lowest BCUT2D eigenvalue weighted by Gasteiger charge is -2.23. The van der Waals surface area contributed by atoms with Gasteiger partial charge in [-0.3, -0.25) is 14.4 Å². The number of amides is 3. The minimum Gasteiger partial charge on any atom is -0.497 e. The van der Waals surface area contributed by atoms with Gasteiger partial charge in [-0.1, -0.05) is 30.3 Å². The predicted molar refractivity (Wildman–Crippen MR) is 105 cm³/mol. The second-order valence-corrected chi connectivity index (χ2v) is 6.43. The van der Waals surface area contributed by atoms with Crippen LogP contribution >= 0.6 is 0 Å². The van der Waals surface area contributed by atoms with Crippen LogP contribution in [0.3, 0.4) is 0 Å². The largest absolute Gasteiger partial charge is 0.497 e. The number of ether oxygens (including phenoxy) is 2. The molecule has 2 aromatic rings. The van der Waals surface area contributed by atoms with Crippen LogP contribution in [0.5, 0.6) is 5.75 Å². The Balaban J connectivity index is 1.50. The Morgan fingerprint density at radius 1 is 1.03 bits per heavy atom. The predicted octanol–water partition coefficient (Wildman–Crippen LogP) is 0.926. The van der Waals surface area contributed by atoms with Crippen LogP contribution in [0.4, 0.5) is 0 Å². The van der Waals surface area contributed by atoms with Gasteiger partial charge in [0.05, 0.1) is 20.3 Å². The van der Waals surface area contributed by atoms with Gasteiger partial charge in [-0.15, -0.1) is 0 Å². The Morgan fingerprint density at radius 2 is 1.72 bits per heavy atom. The summed E-state index contributed by atoms with van der Waals surface area (Å²) in [4.78, 5) is 38.2. The minimum absolute atomic E-state index is 0.0273. The molecule has 3 rings (SSSR count). The van der Waals surface area contributed by atoms with Gasteiger partial charge in [0.1, 0.15) is 12.0 Å². The third-order valence-corrected chi connectivity index (χ3v) is 4.53. The maximum absolute atomic E-state index is 12.7. The molecule has 0 spiro atoms. The highest BCUT2D eigenvalue weighted by Crippen LogP contribution is 2.17. The van der Waals surface area contributed by atoms with Gasteiger partial charge in [-0.25, -0.2) is 0 Å². The van der Waals surface area contributed by atoms with E-state index in [1.165, 1.54) is 4.90 Å². The number of nitrogens with one attached hydrogen (secondary N) is 2. The minimum atomic E-state index is -0.770. The van der Waals surface area contributed by atoms with E-state index in [0.29, 0.717) is 24.5 Å². The maximum Gasteiger partial charge on any atom is 0.309 e. The van der Waals surface area contributed by atoms with Gasteiger partial charge in [-0.05, 0) is 29.8 Å². The van der Waals surface area contributed by atoms with Crippen LogP contribution in [0.2, 0.25) is 0 Å². The van der Waals surface area contributed by atoms with Gasteiger partial charge >= 0.3 is 11.8 Å². The molecule has 0 bridgehead atoms. The van der Waals surface area contributed by atoms with Crippen molar-refractivity contribution in [1.29, 1.82) is 0 Å². The van der Waals surface area contributed by atoms with Crippen molar-refractivity contribution in [3.63, 3.8) is 0 Å². The van der Waals surface area contributed by atoms with Crippen molar-refractivity contribution in [3.8, 4) is 5.75 Å². The van der Waals surface area contributed by atoms with E-state index in [4.69, 9.17) is 9.47 Å². The monoisotopic (exact) mass is 397 g/mol. The summed E-state index contributed by atoms with van der Waals surface area (Å²) in [5, 5.41) is 5.09. The van der Waals surface area contributed by atoms with Crippen LogP contribution in [-0.2, 0) is 20.9 Å². The van der Waals surface area contributed by atoms with Gasteiger partial charge < -0.3 is 25.0 Å². The molecule has 2 aromatic carbocycles. The quantitative estimate of drug-likeness (QED) is 0.707. The second kappa shape index (κ2) is 9.70. The van der Waals surface area contributed by atoms with Gasteiger partial charge in [0.15, 0.2) is 0 Å². The molecule has 0 saturated carbocycles. The van der Waals surface area contributed by atoms with Gasteiger partial charge in [0.25, 0.3) is 5.91 Å². The highest BCUT2D eigenvalue weighted by atomic mass is 16.5. The highest BCUT2D eigenvalue weighted by molar-refractivity contribution is 6.35. The fourth-order valence-corrected chi connectivity index (χ4v) is 2.94. The lowest BCUT2D eigenvalue weighted by atomic mass is 10.2. The number of hydrogen-bond donors (Lipinski definition) is 2. The molecule has 1 saturated heterocycles. The highest BCUT2D eigenvalue weighted by Gasteiger charge is 2.31. The van der Waals surface area contributed by atoms with Gasteiger partial charge in [0.2, 0.25) is 0 Å². The lowest BCUT2D eigenvalue weighted by Crippen LogP contribution is -2.47. The van der Waals surface area contributed by atoms with Crippen molar-refractivity contribution in [2.24, 2.45) is 0 Å². The summed E-state index contributed by atoms with van der Waals surface area (Å²) in [6.45, 7) is 1.06. The normalized spacial score (nSPS) is 15.6. The molecular formula is C21H23N3O5. The number of carbonyl (C=O) groups excluding carboxylic acids is 3. The van der Waals surface area contributed by atoms with Crippen LogP contribution in [-0.4, -0.2) is 55.7 Å². The summed E-state index contributed by atoms with van der Waals surface area (Å²) in [5.74, 6) is -1.06. The topological polar surface area (TPSA) is 97.0 Å². The molecule has 1 aliphatic heterocycles. The third-order valence-electron chi connectivity index (χ3n) is 4.53. The van der Waals surface area contributed by atoms with Crippen molar-refractivity contribution < 1.29 is 23.9 Å². The molecular weight excluding hydrogens is 374 g/mol. The molecule has 1 heterocycles. The zero-order valence-electron chi connectivity index (χ0n) is 16.1. The fourth-order valence-electron chi connectivity index (χ4n) is 2.94. The van der Waals surface area contributed by atoms with E-state index in [0.717, 1.165) is 5.56 Å². The first-order valence-electron chi connectivity index (χ1n) is 9.25. The second-order valence-electron chi connectivity index (χ2n) is 6.43. The molecule has 2 N–H and O–H groups in total. The lowest BCUT2D eigenvalue weighted by molar-refractivity contribution is -0.139. The van der Waals surface area contributed by atoms with Crippen molar-refractivity contribution in [3.05, 3.63) is 65.7 Å². The third kappa shape index (κ3) is 5.32. The van der Waals surface area contributed by atoms with Crippen molar-refractivity contribution >= 4 is 17.7 Å². The van der Waals surface area contributed by atoms with E-state index in [-0.39, 0.29) is 19.0 Å². The molecule has 0 aromatic heterocycles. The number of methoxy groups -OCH3 is 1. The number of hydrogen-bond acceptors (Lipinski definition) is 5. The Morgan fingerprint density at radius 3 is 2.41 bits per heavy atom. The van der Waals surface area contributed by atoms with Crippen LogP contribution < -0.4 is 15.4 Å². The van der Waals surface area contributed by atoms with E-state index in [1.54, 1.807) is 31.4 Å². The zero-order valence-corrected chi connectivity index (χ0v) is 16.1. The summed E-state index contributed by atoms with van der Waals surface area (Å²) in [6.07, 6.45) is -0.629. The summed E-state index contributed by atoms with van der Waals surface area (Å²) in [7, 11) is 1.56. The smallest absolute Gasteiger partial charge is 0.309 e. The fraction of sp³-hybridized carbons (Fsp3) is 0.286. The van der Waals surface area contributed by atoms with Crippen LogP contribution in [0.15, 0.2) is 54.6 Å². The Bertz CT molecular complexity index is 854. The van der Waals surface area contributed by atoms with E-state index >= 15 is 0 Å². The van der Waals surface area contributed by atoms with Crippen LogP contribution in [0.1, 0.15) is 15.9 Å². The molecule has 0 aliphatic carbocycles. The molecule has 1 fully saturated rings. The standard InChI is InChI=1S/C21H23N3O5/c1-28-17-9-7-16(8-10-17)21(27)24-11-12-29-18(24)14-23-20(26)19(25)22-13-15-5-3-2-4-6-15/h2-10,18H,11-14H2,1H3,(H,22,25)(H,23,26). The maximum atomic E-state index is 12.7. The molecule has 1 aliphatic rings. The molecule has 1 atom stereocenters. The Labute approximate surface area is 168 Å². The van der Waals surface area contributed by atoms with Crippen LogP contribution in [0, 0.1) is 0 Å². The summed E-state index contributed by atoms with van der Waals surface area (Å²) in [5.41, 5.74) is 1.39.